The Labute approximate surface area is 92.5 Å². The first-order valence-electron chi connectivity index (χ1n) is 6.15. The van der Waals surface area contributed by atoms with Crippen LogP contribution in [0.1, 0.15) is 39.0 Å². The molecule has 0 amide bonds. The maximum absolute atomic E-state index is 2.42. The Morgan fingerprint density at radius 2 is 1.93 bits per heavy atom. The molecular weight excluding hydrogens is 184 g/mol. The SMILES string of the molecule is CCCCCCC1CN1[n+]1ccccc1. The number of nitrogens with zero attached hydrogens (tertiary/aromatic N) is 2. The first kappa shape index (κ1) is 10.5. The summed E-state index contributed by atoms with van der Waals surface area (Å²) >= 11 is 0. The van der Waals surface area contributed by atoms with Crippen molar-refractivity contribution in [3.8, 4) is 0 Å². The highest BCUT2D eigenvalue weighted by Crippen LogP contribution is 2.18. The van der Waals surface area contributed by atoms with Gasteiger partial charge in [0.15, 0.2) is 12.4 Å². The quantitative estimate of drug-likeness (QED) is 0.392. The minimum atomic E-state index is 0.800. The largest absolute Gasteiger partial charge is 0.199 e. The first-order chi connectivity index (χ1) is 7.42. The van der Waals surface area contributed by atoms with Crippen molar-refractivity contribution >= 4 is 0 Å². The van der Waals surface area contributed by atoms with Crippen LogP contribution >= 0.6 is 0 Å². The van der Waals surface area contributed by atoms with Gasteiger partial charge < -0.3 is 0 Å². The Kier molecular flexibility index (Phi) is 3.59. The standard InChI is InChI=1S/C13H21N2/c1-2-3-4-6-9-13-12-15(13)14-10-7-5-8-11-14/h5,7-8,10-11,13H,2-4,6,9,12H2,1H3/q+1. The van der Waals surface area contributed by atoms with Crippen molar-refractivity contribution in [2.45, 2.75) is 45.1 Å². The minimum Gasteiger partial charge on any atom is -0.174 e. The molecule has 1 fully saturated rings. The van der Waals surface area contributed by atoms with E-state index in [0.717, 1.165) is 6.04 Å². The normalized spacial score (nSPS) is 19.3. The lowest BCUT2D eigenvalue weighted by atomic mass is 10.1. The molecule has 0 aliphatic carbocycles. The van der Waals surface area contributed by atoms with Crippen molar-refractivity contribution < 1.29 is 4.68 Å². The Morgan fingerprint density at radius 1 is 1.13 bits per heavy atom. The zero-order chi connectivity index (χ0) is 10.5. The van der Waals surface area contributed by atoms with Gasteiger partial charge in [0, 0.05) is 12.1 Å². The second kappa shape index (κ2) is 5.15. The third-order valence-corrected chi connectivity index (χ3v) is 3.07. The van der Waals surface area contributed by atoms with Gasteiger partial charge in [-0.3, -0.25) is 0 Å². The van der Waals surface area contributed by atoms with Gasteiger partial charge in [-0.15, -0.1) is 0 Å². The van der Waals surface area contributed by atoms with E-state index in [2.05, 4.69) is 47.2 Å². The lowest BCUT2D eigenvalue weighted by Gasteiger charge is -1.99. The van der Waals surface area contributed by atoms with Crippen molar-refractivity contribution in [3.05, 3.63) is 30.6 Å². The number of pyridine rings is 1. The molecule has 0 radical (unpaired) electrons. The van der Waals surface area contributed by atoms with Gasteiger partial charge in [0.1, 0.15) is 6.04 Å². The van der Waals surface area contributed by atoms with Crippen molar-refractivity contribution in [2.75, 3.05) is 11.6 Å². The van der Waals surface area contributed by atoms with Crippen LogP contribution in [-0.4, -0.2) is 12.6 Å². The summed E-state index contributed by atoms with van der Waals surface area (Å²) in [5, 5.41) is 2.42. The molecule has 1 aliphatic heterocycles. The van der Waals surface area contributed by atoms with Crippen LogP contribution in [0.4, 0.5) is 0 Å². The predicted octanol–water partition coefficient (Wildman–Crippen LogP) is 2.26. The summed E-state index contributed by atoms with van der Waals surface area (Å²) in [6, 6.07) is 7.05. The molecule has 2 nitrogen and oxygen atoms in total. The second-order valence-corrected chi connectivity index (χ2v) is 4.38. The minimum absolute atomic E-state index is 0.800. The van der Waals surface area contributed by atoms with Gasteiger partial charge in [-0.2, -0.15) is 5.01 Å². The van der Waals surface area contributed by atoms with Gasteiger partial charge in [0.2, 0.25) is 0 Å². The van der Waals surface area contributed by atoms with Crippen molar-refractivity contribution in [1.29, 1.82) is 0 Å². The average molecular weight is 205 g/mol. The van der Waals surface area contributed by atoms with E-state index >= 15 is 0 Å². The highest BCUT2D eigenvalue weighted by molar-refractivity contribution is 5.04. The van der Waals surface area contributed by atoms with E-state index in [0.29, 0.717) is 0 Å². The van der Waals surface area contributed by atoms with Gasteiger partial charge in [-0.05, 0) is 6.42 Å². The zero-order valence-electron chi connectivity index (χ0n) is 9.60. The molecule has 15 heavy (non-hydrogen) atoms. The molecule has 2 heterocycles. The summed E-state index contributed by atoms with van der Waals surface area (Å²) in [6.45, 7) is 3.50. The summed E-state index contributed by atoms with van der Waals surface area (Å²) in [7, 11) is 0. The van der Waals surface area contributed by atoms with Crippen LogP contribution in [0.2, 0.25) is 0 Å². The van der Waals surface area contributed by atoms with E-state index in [9.17, 15) is 0 Å². The molecule has 82 valence electrons. The molecule has 0 bridgehead atoms. The molecule has 0 N–H and O–H groups in total. The van der Waals surface area contributed by atoms with E-state index < -0.39 is 0 Å². The van der Waals surface area contributed by atoms with Gasteiger partial charge >= 0.3 is 0 Å². The first-order valence-corrected chi connectivity index (χ1v) is 6.15. The molecule has 1 aliphatic rings. The fourth-order valence-electron chi connectivity index (χ4n) is 2.06. The van der Waals surface area contributed by atoms with Crippen LogP contribution in [-0.2, 0) is 0 Å². The summed E-state index contributed by atoms with van der Waals surface area (Å²) in [5.74, 6) is 0. The molecule has 0 saturated carbocycles. The van der Waals surface area contributed by atoms with Crippen molar-refractivity contribution in [2.24, 2.45) is 0 Å². The monoisotopic (exact) mass is 205 g/mol. The maximum atomic E-state index is 2.42. The Morgan fingerprint density at radius 3 is 2.67 bits per heavy atom. The van der Waals surface area contributed by atoms with E-state index in [1.807, 2.05) is 0 Å². The summed E-state index contributed by atoms with van der Waals surface area (Å²) < 4.78 is 2.21. The molecule has 1 unspecified atom stereocenters. The fourth-order valence-corrected chi connectivity index (χ4v) is 2.06. The smallest absolute Gasteiger partial charge is 0.174 e. The molecule has 1 saturated heterocycles. The third kappa shape index (κ3) is 2.95. The van der Waals surface area contributed by atoms with Gasteiger partial charge in [0.05, 0.1) is 6.54 Å². The lowest BCUT2D eigenvalue weighted by molar-refractivity contribution is -0.677. The number of hydrogen-bond donors (Lipinski definition) is 0. The van der Waals surface area contributed by atoms with E-state index in [-0.39, 0.29) is 0 Å². The predicted molar refractivity (Wildman–Crippen MR) is 62.3 cm³/mol. The molecule has 1 atom stereocenters. The summed E-state index contributed by atoms with van der Waals surface area (Å²) in [5.41, 5.74) is 0. The number of unbranched alkanes of at least 4 members (excludes halogenated alkanes) is 3. The zero-order valence-corrected chi connectivity index (χ0v) is 9.60. The van der Waals surface area contributed by atoms with Crippen LogP contribution in [0.25, 0.3) is 0 Å². The van der Waals surface area contributed by atoms with E-state index in [4.69, 9.17) is 0 Å². The molecular formula is C13H21N2+. The third-order valence-electron chi connectivity index (χ3n) is 3.07. The van der Waals surface area contributed by atoms with Crippen LogP contribution in [0.5, 0.6) is 0 Å². The maximum Gasteiger partial charge on any atom is 0.199 e. The summed E-state index contributed by atoms with van der Waals surface area (Å²) in [4.78, 5) is 0. The average Bonchev–Trinajstić information content (AvgIpc) is 3.05. The number of rotatable bonds is 6. The van der Waals surface area contributed by atoms with Crippen LogP contribution in [0.3, 0.4) is 0 Å². The number of hydrogen-bond acceptors (Lipinski definition) is 1. The highest BCUT2D eigenvalue weighted by Gasteiger charge is 2.40. The summed E-state index contributed by atoms with van der Waals surface area (Å²) in [6.07, 6.45) is 11.1. The highest BCUT2D eigenvalue weighted by atomic mass is 15.6. The van der Waals surface area contributed by atoms with E-state index in [1.54, 1.807) is 0 Å². The van der Waals surface area contributed by atoms with Gasteiger partial charge in [0.25, 0.3) is 0 Å². The molecule has 2 heteroatoms. The topological polar surface area (TPSA) is 6.89 Å². The molecule has 0 aromatic carbocycles. The van der Waals surface area contributed by atoms with Gasteiger partial charge in [-0.1, -0.05) is 43.3 Å². The second-order valence-electron chi connectivity index (χ2n) is 4.38. The van der Waals surface area contributed by atoms with E-state index in [1.165, 1.54) is 38.6 Å². The Bertz CT molecular complexity index is 284. The van der Waals surface area contributed by atoms with Gasteiger partial charge in [-0.25, -0.2) is 0 Å². The van der Waals surface area contributed by atoms with Crippen LogP contribution in [0.15, 0.2) is 30.6 Å². The Balaban J connectivity index is 1.68. The molecule has 2 rings (SSSR count). The molecule has 0 spiro atoms. The lowest BCUT2D eigenvalue weighted by Crippen LogP contribution is -2.45. The van der Waals surface area contributed by atoms with Crippen molar-refractivity contribution in [1.82, 2.24) is 0 Å². The molecule has 1 aromatic heterocycles. The molecule has 1 aromatic rings. The van der Waals surface area contributed by atoms with Crippen LogP contribution in [0, 0.1) is 0 Å². The Hall–Kier alpha value is -1.05. The van der Waals surface area contributed by atoms with Crippen molar-refractivity contribution in [3.63, 3.8) is 0 Å². The van der Waals surface area contributed by atoms with Crippen LogP contribution < -0.4 is 9.69 Å². The fraction of sp³-hybridized carbons (Fsp3) is 0.615. The number of aromatic nitrogens is 1.